The van der Waals surface area contributed by atoms with E-state index >= 15 is 0 Å². The summed E-state index contributed by atoms with van der Waals surface area (Å²) in [6.07, 6.45) is 6.60. The number of piperazine rings is 1. The van der Waals surface area contributed by atoms with Gasteiger partial charge in [-0.3, -0.25) is 4.18 Å². The summed E-state index contributed by atoms with van der Waals surface area (Å²) in [5, 5.41) is 8.23. The Morgan fingerprint density at radius 2 is 1.24 bits per heavy atom. The molecule has 4 atom stereocenters. The number of aromatic nitrogens is 6. The Hall–Kier alpha value is -5.73. The van der Waals surface area contributed by atoms with Crippen molar-refractivity contribution in [1.82, 2.24) is 34.4 Å². The standard InChI is InChI=1S/C26H31F2N5O2.C21H21F2N3O4S.CH4/c1-19-11-22(32-9-7-31(2)8-10-32)4-6-25(19)34-14-20-13-26(35-15-20,16-33-18-29-17-30-33)23-5-3-21(27)12-24(23)28;1-15-2-5-18(6-3-15)31(27,28)30-11-16-9-21(29-10-16,12-26-14-24-13-25-26)19-7-4-17(22)8-20(19)23;/h3-6,11-12,17-18,20H,7-10,13-16H2,1-2H3;2-8,13-14,16H,9-12H2,1H3;1H4/t20-,26+;16-,21-;/m10./s1. The average Bonchev–Trinajstić information content (AvgIpc) is 4.14. The molecule has 0 radical (unpaired) electrons. The highest BCUT2D eigenvalue weighted by Crippen LogP contribution is 2.43. The molecule has 3 aliphatic heterocycles. The second kappa shape index (κ2) is 21.1. The van der Waals surface area contributed by atoms with Crippen molar-refractivity contribution in [2.75, 3.05) is 64.6 Å². The molecule has 2 aromatic heterocycles. The number of aryl methyl sites for hydroxylation is 2. The van der Waals surface area contributed by atoms with Crippen LogP contribution in [0.5, 0.6) is 5.75 Å². The first kappa shape index (κ1) is 49.2. The molecule has 0 unspecified atom stereocenters. The lowest BCUT2D eigenvalue weighted by Crippen LogP contribution is -2.44. The number of hydrogen-bond donors (Lipinski definition) is 0. The molecule has 9 rings (SSSR count). The molecule has 0 bridgehead atoms. The van der Waals surface area contributed by atoms with Crippen LogP contribution < -0.4 is 9.64 Å². The number of hydrogen-bond acceptors (Lipinski definition) is 12. The van der Waals surface area contributed by atoms with Crippen molar-refractivity contribution in [3.05, 3.63) is 150 Å². The molecular weight excluding hydrogens is 893 g/mol. The maximum Gasteiger partial charge on any atom is 0.296 e. The molecule has 0 saturated carbocycles. The van der Waals surface area contributed by atoms with Gasteiger partial charge in [-0.2, -0.15) is 18.6 Å². The Kier molecular flexibility index (Phi) is 15.5. The molecular formula is C48H56F4N8O6S. The van der Waals surface area contributed by atoms with Crippen molar-refractivity contribution in [2.24, 2.45) is 11.8 Å². The SMILES string of the molecule is C.Cc1cc(N2CCN(C)CC2)ccc1OC[C@@H]1CO[C@@](Cn2cncn2)(c2ccc(F)cc2F)C1.Cc1ccc(S(=O)(=O)OC[C@@H]2CO[C@@](Cn3cncn3)(c3ccc(F)cc3F)C2)cc1. The lowest BCUT2D eigenvalue weighted by atomic mass is 9.87. The lowest BCUT2D eigenvalue weighted by Gasteiger charge is -2.34. The Morgan fingerprint density at radius 1 is 0.701 bits per heavy atom. The van der Waals surface area contributed by atoms with E-state index in [1.165, 1.54) is 59.7 Å². The molecule has 3 saturated heterocycles. The van der Waals surface area contributed by atoms with E-state index in [-0.39, 0.29) is 62.4 Å². The lowest BCUT2D eigenvalue weighted by molar-refractivity contribution is -0.0209. The van der Waals surface area contributed by atoms with Crippen LogP contribution in [0.4, 0.5) is 23.2 Å². The van der Waals surface area contributed by atoms with Crippen molar-refractivity contribution in [1.29, 1.82) is 0 Å². The highest BCUT2D eigenvalue weighted by atomic mass is 32.2. The minimum atomic E-state index is -3.94. The second-order valence-corrected chi connectivity index (χ2v) is 18.9. The zero-order valence-electron chi connectivity index (χ0n) is 36.9. The molecule has 14 nitrogen and oxygen atoms in total. The van der Waals surface area contributed by atoms with Gasteiger partial charge in [0.25, 0.3) is 10.1 Å². The molecule has 4 aromatic carbocycles. The Balaban J connectivity index is 0.000000197. The summed E-state index contributed by atoms with van der Waals surface area (Å²) in [5.41, 5.74) is 1.59. The minimum Gasteiger partial charge on any atom is -0.493 e. The maximum absolute atomic E-state index is 14.8. The smallest absolute Gasteiger partial charge is 0.296 e. The summed E-state index contributed by atoms with van der Waals surface area (Å²) in [6, 6.07) is 19.6. The van der Waals surface area contributed by atoms with Crippen LogP contribution in [0, 0.1) is 49.0 Å². The fraction of sp³-hybridized carbons (Fsp3) is 0.417. The third-order valence-electron chi connectivity index (χ3n) is 12.3. The zero-order chi connectivity index (χ0) is 46.5. The first-order chi connectivity index (χ1) is 31.7. The summed E-state index contributed by atoms with van der Waals surface area (Å²) < 4.78 is 108. The van der Waals surface area contributed by atoms with Crippen LogP contribution in [0.1, 0.15) is 42.5 Å². The predicted octanol–water partition coefficient (Wildman–Crippen LogP) is 7.47. The van der Waals surface area contributed by atoms with Crippen molar-refractivity contribution in [2.45, 2.75) is 63.3 Å². The second-order valence-electron chi connectivity index (χ2n) is 17.3. The average molecular weight is 949 g/mol. The topological polar surface area (TPSA) is 139 Å². The molecule has 0 amide bonds. The van der Waals surface area contributed by atoms with Gasteiger partial charge in [0.05, 0.1) is 44.4 Å². The predicted molar refractivity (Wildman–Crippen MR) is 242 cm³/mol. The fourth-order valence-corrected chi connectivity index (χ4v) is 9.77. The van der Waals surface area contributed by atoms with Crippen LogP contribution in [-0.2, 0) is 48.1 Å². The van der Waals surface area contributed by atoms with Crippen LogP contribution in [0.2, 0.25) is 0 Å². The van der Waals surface area contributed by atoms with E-state index in [0.717, 1.165) is 61.3 Å². The highest BCUT2D eigenvalue weighted by molar-refractivity contribution is 7.86. The summed E-state index contributed by atoms with van der Waals surface area (Å²) in [4.78, 5) is 12.7. The molecule has 19 heteroatoms. The Morgan fingerprint density at radius 3 is 1.73 bits per heavy atom. The number of benzene rings is 4. The van der Waals surface area contributed by atoms with Crippen LogP contribution in [0.3, 0.4) is 0 Å². The van der Waals surface area contributed by atoms with Gasteiger partial charge in [-0.1, -0.05) is 37.3 Å². The van der Waals surface area contributed by atoms with Crippen molar-refractivity contribution in [3.8, 4) is 5.75 Å². The summed E-state index contributed by atoms with van der Waals surface area (Å²) in [6.45, 7) is 9.36. The largest absolute Gasteiger partial charge is 0.493 e. The summed E-state index contributed by atoms with van der Waals surface area (Å²) >= 11 is 0. The van der Waals surface area contributed by atoms with Crippen LogP contribution in [0.25, 0.3) is 0 Å². The van der Waals surface area contributed by atoms with E-state index in [1.807, 2.05) is 13.0 Å². The zero-order valence-corrected chi connectivity index (χ0v) is 37.7. The number of nitrogens with zero attached hydrogens (tertiary/aromatic N) is 8. The molecule has 0 aliphatic carbocycles. The molecule has 3 aliphatic rings. The quantitative estimate of drug-likeness (QED) is 0.0791. The Bertz CT molecular complexity index is 2670. The number of likely N-dealkylation sites (N-methyl/N-ethyl adjacent to an activating group) is 1. The van der Waals surface area contributed by atoms with E-state index in [1.54, 1.807) is 23.1 Å². The van der Waals surface area contributed by atoms with Gasteiger partial charge in [-0.25, -0.2) is 36.9 Å². The van der Waals surface area contributed by atoms with Gasteiger partial charge in [-0.05, 0) is 81.8 Å². The fourth-order valence-electron chi connectivity index (χ4n) is 8.80. The van der Waals surface area contributed by atoms with Gasteiger partial charge in [0.2, 0.25) is 0 Å². The molecule has 358 valence electrons. The van der Waals surface area contributed by atoms with Crippen molar-refractivity contribution in [3.63, 3.8) is 0 Å². The number of rotatable bonds is 14. The van der Waals surface area contributed by atoms with Crippen LogP contribution in [-0.4, -0.2) is 103 Å². The molecule has 67 heavy (non-hydrogen) atoms. The highest BCUT2D eigenvalue weighted by Gasteiger charge is 2.46. The molecule has 0 N–H and O–H groups in total. The monoisotopic (exact) mass is 948 g/mol. The van der Waals surface area contributed by atoms with E-state index in [9.17, 15) is 26.0 Å². The third-order valence-corrected chi connectivity index (χ3v) is 13.6. The summed E-state index contributed by atoms with van der Waals surface area (Å²) in [5.74, 6) is -2.12. The van der Waals surface area contributed by atoms with Gasteiger partial charge in [0.1, 0.15) is 65.5 Å². The van der Waals surface area contributed by atoms with Crippen molar-refractivity contribution < 1.29 is 44.4 Å². The molecule has 0 spiro atoms. The van der Waals surface area contributed by atoms with E-state index in [2.05, 4.69) is 56.1 Å². The van der Waals surface area contributed by atoms with Crippen LogP contribution in [0.15, 0.2) is 109 Å². The number of halogens is 4. The minimum absolute atomic E-state index is 0. The van der Waals surface area contributed by atoms with E-state index in [0.29, 0.717) is 25.2 Å². The summed E-state index contributed by atoms with van der Waals surface area (Å²) in [7, 11) is -1.79. The molecule has 5 heterocycles. The van der Waals surface area contributed by atoms with E-state index in [4.69, 9.17) is 18.4 Å². The van der Waals surface area contributed by atoms with Gasteiger partial charge in [-0.15, -0.1) is 0 Å². The normalized spacial score (nSPS) is 22.0. The van der Waals surface area contributed by atoms with Gasteiger partial charge in [0.15, 0.2) is 0 Å². The number of anilines is 1. The van der Waals surface area contributed by atoms with Gasteiger partial charge >= 0.3 is 0 Å². The van der Waals surface area contributed by atoms with Gasteiger partial charge < -0.3 is 24.0 Å². The Labute approximate surface area is 388 Å². The first-order valence-corrected chi connectivity index (χ1v) is 23.1. The van der Waals surface area contributed by atoms with Crippen molar-refractivity contribution >= 4 is 15.8 Å². The van der Waals surface area contributed by atoms with E-state index < -0.39 is 44.6 Å². The van der Waals surface area contributed by atoms with Crippen LogP contribution >= 0.6 is 0 Å². The maximum atomic E-state index is 14.8. The molecule has 3 fully saturated rings. The van der Waals surface area contributed by atoms with Gasteiger partial charge in [0, 0.05) is 67.0 Å². The molecule has 6 aromatic rings. The first-order valence-electron chi connectivity index (χ1n) is 21.7. The number of ether oxygens (including phenoxy) is 3. The third kappa shape index (κ3) is 11.7.